The summed E-state index contributed by atoms with van der Waals surface area (Å²) in [6.45, 7) is 0. The maximum absolute atomic E-state index is 4.22. The predicted octanol–water partition coefficient (Wildman–Crippen LogP) is 0.921. The number of rotatable bonds is 1. The zero-order valence-corrected chi connectivity index (χ0v) is 6.71. The van der Waals surface area contributed by atoms with Gasteiger partial charge < -0.3 is 0 Å². The Kier molecular flexibility index (Phi) is 2.53. The van der Waals surface area contributed by atoms with Crippen molar-refractivity contribution in [3.63, 3.8) is 0 Å². The Balaban J connectivity index is 2.30. The standard InChI is InChI=1S/C5H11NS2/c1-6-4-8-3-5(6)2-7/h5,7H,2-4H2,1H3. The molecule has 1 aliphatic heterocycles. The molecule has 48 valence electrons. The molecular weight excluding hydrogens is 138 g/mol. The van der Waals surface area contributed by atoms with Gasteiger partial charge in [0.1, 0.15) is 0 Å². The van der Waals surface area contributed by atoms with Crippen molar-refractivity contribution in [1.82, 2.24) is 4.90 Å². The Bertz CT molecular complexity index is 76.8. The first kappa shape index (κ1) is 6.78. The Labute approximate surface area is 60.2 Å². The first-order valence-electron chi connectivity index (χ1n) is 2.73. The highest BCUT2D eigenvalue weighted by Crippen LogP contribution is 2.18. The summed E-state index contributed by atoms with van der Waals surface area (Å²) in [5.74, 6) is 3.45. The number of hydrogen-bond donors (Lipinski definition) is 1. The minimum atomic E-state index is 0.725. The van der Waals surface area contributed by atoms with Crippen LogP contribution >= 0.6 is 24.4 Å². The molecule has 1 fully saturated rings. The maximum Gasteiger partial charge on any atom is 0.0445 e. The van der Waals surface area contributed by atoms with E-state index in [1.807, 2.05) is 11.8 Å². The number of nitrogens with zero attached hydrogens (tertiary/aromatic N) is 1. The van der Waals surface area contributed by atoms with Crippen LogP contribution in [0.2, 0.25) is 0 Å². The van der Waals surface area contributed by atoms with E-state index >= 15 is 0 Å². The molecule has 0 spiro atoms. The van der Waals surface area contributed by atoms with Gasteiger partial charge in [-0.05, 0) is 7.05 Å². The number of hydrogen-bond acceptors (Lipinski definition) is 3. The zero-order valence-electron chi connectivity index (χ0n) is 5.00. The van der Waals surface area contributed by atoms with Crippen molar-refractivity contribution in [3.8, 4) is 0 Å². The minimum absolute atomic E-state index is 0.725. The first-order valence-corrected chi connectivity index (χ1v) is 4.52. The molecule has 1 unspecified atom stereocenters. The summed E-state index contributed by atoms with van der Waals surface area (Å²) in [6, 6.07) is 0.725. The zero-order chi connectivity index (χ0) is 5.98. The third-order valence-electron chi connectivity index (χ3n) is 1.44. The van der Waals surface area contributed by atoms with Gasteiger partial charge in [0.05, 0.1) is 0 Å². The molecule has 1 aliphatic rings. The van der Waals surface area contributed by atoms with E-state index in [1.165, 1.54) is 11.6 Å². The molecule has 0 amide bonds. The molecule has 0 aromatic heterocycles. The third kappa shape index (κ3) is 1.33. The summed E-state index contributed by atoms with van der Waals surface area (Å²) < 4.78 is 0. The van der Waals surface area contributed by atoms with Crippen LogP contribution in [0.5, 0.6) is 0 Å². The lowest BCUT2D eigenvalue weighted by Crippen LogP contribution is -2.27. The van der Waals surface area contributed by atoms with Gasteiger partial charge in [0.15, 0.2) is 0 Å². The second kappa shape index (κ2) is 2.99. The van der Waals surface area contributed by atoms with E-state index in [0.29, 0.717) is 0 Å². The molecular formula is C5H11NS2. The van der Waals surface area contributed by atoms with Crippen LogP contribution in [0.1, 0.15) is 0 Å². The summed E-state index contributed by atoms with van der Waals surface area (Å²) >= 11 is 6.21. The Morgan fingerprint density at radius 3 is 2.88 bits per heavy atom. The van der Waals surface area contributed by atoms with Gasteiger partial charge in [0, 0.05) is 23.4 Å². The largest absolute Gasteiger partial charge is 0.293 e. The molecule has 1 nitrogen and oxygen atoms in total. The van der Waals surface area contributed by atoms with Crippen molar-refractivity contribution in [2.24, 2.45) is 0 Å². The second-order valence-corrected chi connectivity index (χ2v) is 3.46. The molecule has 0 N–H and O–H groups in total. The molecule has 1 saturated heterocycles. The Morgan fingerprint density at radius 1 is 1.88 bits per heavy atom. The van der Waals surface area contributed by atoms with E-state index in [0.717, 1.165) is 11.8 Å². The van der Waals surface area contributed by atoms with Crippen LogP contribution in [0.15, 0.2) is 0 Å². The third-order valence-corrected chi connectivity index (χ3v) is 3.07. The van der Waals surface area contributed by atoms with Crippen molar-refractivity contribution in [2.45, 2.75) is 6.04 Å². The van der Waals surface area contributed by atoms with Crippen molar-refractivity contribution < 1.29 is 0 Å². The van der Waals surface area contributed by atoms with E-state index in [1.54, 1.807) is 0 Å². The summed E-state index contributed by atoms with van der Waals surface area (Å²) in [5.41, 5.74) is 0. The normalized spacial score (nSPS) is 31.5. The van der Waals surface area contributed by atoms with Crippen LogP contribution in [-0.2, 0) is 0 Å². The molecule has 0 aromatic carbocycles. The van der Waals surface area contributed by atoms with Crippen LogP contribution in [0.3, 0.4) is 0 Å². The van der Waals surface area contributed by atoms with Gasteiger partial charge in [-0.3, -0.25) is 4.90 Å². The summed E-state index contributed by atoms with van der Waals surface area (Å²) in [4.78, 5) is 2.34. The minimum Gasteiger partial charge on any atom is -0.293 e. The average molecular weight is 149 g/mol. The molecule has 1 rings (SSSR count). The van der Waals surface area contributed by atoms with Gasteiger partial charge in [0.2, 0.25) is 0 Å². The van der Waals surface area contributed by atoms with Gasteiger partial charge in [-0.1, -0.05) is 0 Å². The molecule has 0 bridgehead atoms. The van der Waals surface area contributed by atoms with E-state index in [2.05, 4.69) is 24.6 Å². The van der Waals surface area contributed by atoms with E-state index in [-0.39, 0.29) is 0 Å². The first-order chi connectivity index (χ1) is 3.84. The highest BCUT2D eigenvalue weighted by molar-refractivity contribution is 7.99. The lowest BCUT2D eigenvalue weighted by molar-refractivity contribution is 0.349. The van der Waals surface area contributed by atoms with Gasteiger partial charge >= 0.3 is 0 Å². The molecule has 1 heterocycles. The fraction of sp³-hybridized carbons (Fsp3) is 1.00. The molecule has 0 saturated carbocycles. The topological polar surface area (TPSA) is 3.24 Å². The molecule has 3 heteroatoms. The number of thiol groups is 1. The molecule has 8 heavy (non-hydrogen) atoms. The van der Waals surface area contributed by atoms with Gasteiger partial charge in [0.25, 0.3) is 0 Å². The summed E-state index contributed by atoms with van der Waals surface area (Å²) in [7, 11) is 2.15. The number of thioether (sulfide) groups is 1. The van der Waals surface area contributed by atoms with E-state index in [4.69, 9.17) is 0 Å². The SMILES string of the molecule is CN1CSCC1CS. The van der Waals surface area contributed by atoms with E-state index in [9.17, 15) is 0 Å². The highest BCUT2D eigenvalue weighted by atomic mass is 32.2. The fourth-order valence-electron chi connectivity index (χ4n) is 0.757. The smallest absolute Gasteiger partial charge is 0.0445 e. The average Bonchev–Trinajstić information content (AvgIpc) is 2.14. The lowest BCUT2D eigenvalue weighted by Gasteiger charge is -2.14. The summed E-state index contributed by atoms with van der Waals surface area (Å²) in [6.07, 6.45) is 0. The molecule has 0 aliphatic carbocycles. The van der Waals surface area contributed by atoms with Crippen LogP contribution in [0.4, 0.5) is 0 Å². The Morgan fingerprint density at radius 2 is 2.62 bits per heavy atom. The second-order valence-electron chi connectivity index (χ2n) is 2.09. The molecule has 0 radical (unpaired) electrons. The van der Waals surface area contributed by atoms with Crippen molar-refractivity contribution in [3.05, 3.63) is 0 Å². The fourth-order valence-corrected chi connectivity index (χ4v) is 2.59. The quantitative estimate of drug-likeness (QED) is 0.552. The molecule has 0 aromatic rings. The maximum atomic E-state index is 4.22. The van der Waals surface area contributed by atoms with Crippen molar-refractivity contribution >= 4 is 24.4 Å². The van der Waals surface area contributed by atoms with Crippen molar-refractivity contribution in [2.75, 3.05) is 24.4 Å². The van der Waals surface area contributed by atoms with Crippen LogP contribution in [0.25, 0.3) is 0 Å². The van der Waals surface area contributed by atoms with Crippen molar-refractivity contribution in [1.29, 1.82) is 0 Å². The van der Waals surface area contributed by atoms with Crippen LogP contribution < -0.4 is 0 Å². The van der Waals surface area contributed by atoms with Gasteiger partial charge in [-0.25, -0.2) is 0 Å². The summed E-state index contributed by atoms with van der Waals surface area (Å²) in [5, 5.41) is 0. The van der Waals surface area contributed by atoms with E-state index < -0.39 is 0 Å². The highest BCUT2D eigenvalue weighted by Gasteiger charge is 2.18. The van der Waals surface area contributed by atoms with Crippen LogP contribution in [-0.4, -0.2) is 35.4 Å². The van der Waals surface area contributed by atoms with Crippen LogP contribution in [0, 0.1) is 0 Å². The molecule has 1 atom stereocenters. The lowest BCUT2D eigenvalue weighted by atomic mass is 10.4. The van der Waals surface area contributed by atoms with Gasteiger partial charge in [-0.15, -0.1) is 11.8 Å². The van der Waals surface area contributed by atoms with Gasteiger partial charge in [-0.2, -0.15) is 12.6 Å². The predicted molar refractivity (Wildman–Crippen MR) is 42.7 cm³/mol. The Hall–Kier alpha value is 0.660. The monoisotopic (exact) mass is 149 g/mol.